The van der Waals surface area contributed by atoms with Crippen molar-refractivity contribution < 1.29 is 28.8 Å². The predicted octanol–water partition coefficient (Wildman–Crippen LogP) is 0.666. The van der Waals surface area contributed by atoms with Crippen LogP contribution in [0.3, 0.4) is 0 Å². The van der Waals surface area contributed by atoms with Gasteiger partial charge in [0.2, 0.25) is 0 Å². The minimum Gasteiger partial charge on any atom is -0.481 e. The molecule has 0 aliphatic rings. The van der Waals surface area contributed by atoms with Crippen LogP contribution in [0.5, 0.6) is 0 Å². The molecule has 3 heteroatoms. The molecular weight excluding hydrogens is 171 g/mol. The fourth-order valence-electron chi connectivity index (χ4n) is 1.06. The first-order valence-corrected chi connectivity index (χ1v) is 5.20. The first-order valence-electron chi connectivity index (χ1n) is 5.20. The van der Waals surface area contributed by atoms with Crippen LogP contribution in [-0.2, 0) is 4.79 Å². The second-order valence-corrected chi connectivity index (χ2v) is 2.91. The molecule has 14 heavy (non-hydrogen) atoms. The van der Waals surface area contributed by atoms with E-state index in [-0.39, 0.29) is 18.9 Å². The largest absolute Gasteiger partial charge is 1.00 e. The second kappa shape index (κ2) is 18.8. The van der Waals surface area contributed by atoms with E-state index in [0.717, 1.165) is 12.8 Å². The quantitative estimate of drug-likeness (QED) is 0.367. The average Bonchev–Trinajstić information content (AvgIpc) is 2.14. The minimum absolute atomic E-state index is 0. The van der Waals surface area contributed by atoms with Crippen molar-refractivity contribution in [1.29, 1.82) is 0 Å². The molecule has 0 aliphatic heterocycles. The Kier molecular flexibility index (Phi) is 26.3. The van der Waals surface area contributed by atoms with Crippen molar-refractivity contribution in [3.05, 3.63) is 6.92 Å². The number of unbranched alkanes of at least 4 members (excludes halogenated alkanes) is 5. The van der Waals surface area contributed by atoms with Crippen LogP contribution in [0, 0.1) is 6.92 Å². The van der Waals surface area contributed by atoms with Crippen LogP contribution < -0.4 is 18.9 Å². The zero-order valence-electron chi connectivity index (χ0n) is 10.0. The standard InChI is InChI=1S/C9H18O2.C2H5.Li/c1-2-3-4-5-6-7-8-9(10)11;1-2;/h2-8H2,1H3,(H,10,11);1H2,2H3;/q;-1;+1. The van der Waals surface area contributed by atoms with Crippen molar-refractivity contribution in [2.24, 2.45) is 0 Å². The van der Waals surface area contributed by atoms with E-state index in [2.05, 4.69) is 13.8 Å². The summed E-state index contributed by atoms with van der Waals surface area (Å²) >= 11 is 0. The SMILES string of the molecule is CCCCCCCCC(=O)O.[CH2-]C.[Li+]. The molecule has 0 bridgehead atoms. The van der Waals surface area contributed by atoms with E-state index >= 15 is 0 Å². The van der Waals surface area contributed by atoms with Gasteiger partial charge in [-0.2, -0.15) is 6.92 Å². The number of hydrogen-bond acceptors (Lipinski definition) is 1. The van der Waals surface area contributed by atoms with E-state index in [1.807, 2.05) is 0 Å². The molecule has 0 heterocycles. The third kappa shape index (κ3) is 22.7. The molecule has 0 saturated carbocycles. The average molecular weight is 194 g/mol. The molecule has 0 unspecified atom stereocenters. The summed E-state index contributed by atoms with van der Waals surface area (Å²) in [5, 5.41) is 8.32. The molecule has 0 amide bonds. The Morgan fingerprint density at radius 2 is 1.50 bits per heavy atom. The number of carboxylic acids is 1. The van der Waals surface area contributed by atoms with E-state index in [4.69, 9.17) is 5.11 Å². The van der Waals surface area contributed by atoms with Gasteiger partial charge in [-0.25, -0.2) is 0 Å². The van der Waals surface area contributed by atoms with Gasteiger partial charge in [-0.15, -0.1) is 0 Å². The summed E-state index contributed by atoms with van der Waals surface area (Å²) < 4.78 is 0. The van der Waals surface area contributed by atoms with Crippen LogP contribution in [0.15, 0.2) is 0 Å². The van der Waals surface area contributed by atoms with Gasteiger partial charge in [-0.3, -0.25) is 4.79 Å². The van der Waals surface area contributed by atoms with Gasteiger partial charge >= 0.3 is 24.8 Å². The Hall–Kier alpha value is 0.0674. The van der Waals surface area contributed by atoms with E-state index in [1.165, 1.54) is 25.7 Å². The van der Waals surface area contributed by atoms with Crippen LogP contribution in [0.1, 0.15) is 58.8 Å². The molecule has 0 aromatic carbocycles. The van der Waals surface area contributed by atoms with Crippen molar-refractivity contribution in [2.75, 3.05) is 0 Å². The maximum absolute atomic E-state index is 10.1. The van der Waals surface area contributed by atoms with Crippen molar-refractivity contribution in [3.63, 3.8) is 0 Å². The summed E-state index contributed by atoms with van der Waals surface area (Å²) in [6, 6.07) is 0. The predicted molar refractivity (Wildman–Crippen MR) is 56.7 cm³/mol. The van der Waals surface area contributed by atoms with E-state index in [1.54, 1.807) is 6.92 Å². The fraction of sp³-hybridized carbons (Fsp3) is 0.818. The number of carbonyl (C=O) groups is 1. The molecule has 0 rings (SSSR count). The van der Waals surface area contributed by atoms with Crippen LogP contribution in [0.25, 0.3) is 0 Å². The fourth-order valence-corrected chi connectivity index (χ4v) is 1.06. The summed E-state index contributed by atoms with van der Waals surface area (Å²) in [5.41, 5.74) is 0. The van der Waals surface area contributed by atoms with Crippen LogP contribution >= 0.6 is 0 Å². The summed E-state index contributed by atoms with van der Waals surface area (Å²) in [6.07, 6.45) is 7.25. The van der Waals surface area contributed by atoms with Crippen molar-refractivity contribution in [3.8, 4) is 0 Å². The first kappa shape index (κ1) is 19.6. The Morgan fingerprint density at radius 3 is 1.93 bits per heavy atom. The van der Waals surface area contributed by atoms with Gasteiger partial charge in [0.05, 0.1) is 0 Å². The Balaban J connectivity index is -0.000000376. The zero-order valence-corrected chi connectivity index (χ0v) is 10.0. The van der Waals surface area contributed by atoms with E-state index in [0.29, 0.717) is 6.42 Å². The van der Waals surface area contributed by atoms with Crippen LogP contribution in [0.2, 0.25) is 0 Å². The summed E-state index contributed by atoms with van der Waals surface area (Å²) in [6.45, 7) is 7.18. The van der Waals surface area contributed by atoms with Gasteiger partial charge in [0, 0.05) is 6.42 Å². The monoisotopic (exact) mass is 194 g/mol. The van der Waals surface area contributed by atoms with Gasteiger partial charge in [0.1, 0.15) is 0 Å². The summed E-state index contributed by atoms with van der Waals surface area (Å²) in [5.74, 6) is -0.666. The normalized spacial score (nSPS) is 8.21. The Morgan fingerprint density at radius 1 is 1.07 bits per heavy atom. The number of hydrogen-bond donors (Lipinski definition) is 1. The van der Waals surface area contributed by atoms with Crippen molar-refractivity contribution >= 4 is 5.97 Å². The second-order valence-electron chi connectivity index (χ2n) is 2.91. The number of carboxylic acid groups (broad SMARTS) is 1. The molecule has 0 spiro atoms. The summed E-state index contributed by atoms with van der Waals surface area (Å²) in [7, 11) is 0. The minimum atomic E-state index is -0.666. The van der Waals surface area contributed by atoms with Gasteiger partial charge in [-0.05, 0) is 6.42 Å². The van der Waals surface area contributed by atoms with Gasteiger partial charge in [0.25, 0.3) is 0 Å². The zero-order chi connectivity index (χ0) is 10.5. The summed E-state index contributed by atoms with van der Waals surface area (Å²) in [4.78, 5) is 10.1. The molecule has 80 valence electrons. The van der Waals surface area contributed by atoms with Crippen molar-refractivity contribution in [2.45, 2.75) is 58.8 Å². The number of aliphatic carboxylic acids is 1. The smallest absolute Gasteiger partial charge is 0.481 e. The molecule has 0 aliphatic carbocycles. The van der Waals surface area contributed by atoms with E-state index < -0.39 is 5.97 Å². The molecule has 0 radical (unpaired) electrons. The third-order valence-corrected chi connectivity index (χ3v) is 1.74. The maximum Gasteiger partial charge on any atom is 1.00 e. The van der Waals surface area contributed by atoms with Gasteiger partial charge in [-0.1, -0.05) is 39.0 Å². The molecule has 0 fully saturated rings. The topological polar surface area (TPSA) is 37.3 Å². The van der Waals surface area contributed by atoms with Gasteiger partial charge in [0.15, 0.2) is 0 Å². The molecule has 0 saturated heterocycles. The molecule has 1 N–H and O–H groups in total. The van der Waals surface area contributed by atoms with Gasteiger partial charge < -0.3 is 12.0 Å². The van der Waals surface area contributed by atoms with E-state index in [9.17, 15) is 4.79 Å². The third-order valence-electron chi connectivity index (χ3n) is 1.74. The molecule has 0 aromatic heterocycles. The molecule has 0 atom stereocenters. The molecule has 2 nitrogen and oxygen atoms in total. The molecular formula is C11H23LiO2. The van der Waals surface area contributed by atoms with Crippen LogP contribution in [-0.4, -0.2) is 11.1 Å². The van der Waals surface area contributed by atoms with Crippen molar-refractivity contribution in [1.82, 2.24) is 0 Å². The first-order chi connectivity index (χ1) is 6.27. The Bertz CT molecular complexity index is 105. The molecule has 0 aromatic rings. The Labute approximate surface area is 101 Å². The van der Waals surface area contributed by atoms with Crippen LogP contribution in [0.4, 0.5) is 0 Å². The maximum atomic E-state index is 10.1. The number of rotatable bonds is 7.